The lowest BCUT2D eigenvalue weighted by atomic mass is 9.79. The quantitative estimate of drug-likeness (QED) is 0.849. The molecule has 0 radical (unpaired) electrons. The molecule has 1 saturated carbocycles. The van der Waals surface area contributed by atoms with Crippen molar-refractivity contribution in [2.45, 2.75) is 45.7 Å². The normalized spacial score (nSPS) is 30.6. The monoisotopic (exact) mass is 221 g/mol. The fourth-order valence-electron chi connectivity index (χ4n) is 2.54. The van der Waals surface area contributed by atoms with Gasteiger partial charge in [-0.25, -0.2) is 4.98 Å². The summed E-state index contributed by atoms with van der Waals surface area (Å²) in [6, 6.07) is 0.683. The number of imidazole rings is 1. The summed E-state index contributed by atoms with van der Waals surface area (Å²) in [5.74, 6) is 2.88. The average Bonchev–Trinajstić information content (AvgIpc) is 2.66. The van der Waals surface area contributed by atoms with Crippen LogP contribution in [0.1, 0.15) is 38.9 Å². The molecule has 3 heteroatoms. The molecule has 0 saturated heterocycles. The largest absolute Gasteiger partial charge is 0.337 e. The fourth-order valence-corrected chi connectivity index (χ4v) is 2.54. The number of nitrogens with zero attached hydrogens (tertiary/aromatic N) is 2. The van der Waals surface area contributed by atoms with Crippen LogP contribution in [0.25, 0.3) is 0 Å². The van der Waals surface area contributed by atoms with Crippen molar-refractivity contribution in [1.29, 1.82) is 0 Å². The van der Waals surface area contributed by atoms with Gasteiger partial charge in [-0.1, -0.05) is 13.8 Å². The minimum atomic E-state index is 0.683. The molecule has 1 aliphatic rings. The number of hydrogen-bond acceptors (Lipinski definition) is 2. The predicted molar refractivity (Wildman–Crippen MR) is 66.0 cm³/mol. The maximum Gasteiger partial charge on any atom is 0.122 e. The highest BCUT2D eigenvalue weighted by Gasteiger charge is 2.24. The number of aryl methyl sites for hydroxylation is 1. The van der Waals surface area contributed by atoms with Gasteiger partial charge in [0, 0.05) is 25.5 Å². The van der Waals surface area contributed by atoms with Crippen LogP contribution in [0, 0.1) is 11.8 Å². The zero-order valence-electron chi connectivity index (χ0n) is 10.6. The molecule has 1 aromatic rings. The smallest absolute Gasteiger partial charge is 0.122 e. The van der Waals surface area contributed by atoms with E-state index < -0.39 is 0 Å². The Kier molecular flexibility index (Phi) is 3.64. The molecule has 1 heterocycles. The molecule has 16 heavy (non-hydrogen) atoms. The zero-order chi connectivity index (χ0) is 11.5. The summed E-state index contributed by atoms with van der Waals surface area (Å²) in [5, 5.41) is 3.63. The fraction of sp³-hybridized carbons (Fsp3) is 0.769. The summed E-state index contributed by atoms with van der Waals surface area (Å²) in [7, 11) is 2.05. The second kappa shape index (κ2) is 5.00. The minimum absolute atomic E-state index is 0.683. The molecular weight excluding hydrogens is 198 g/mol. The highest BCUT2D eigenvalue weighted by Crippen LogP contribution is 2.29. The first-order chi connectivity index (χ1) is 7.66. The molecule has 0 aliphatic heterocycles. The predicted octanol–water partition coefficient (Wildman–Crippen LogP) is 2.33. The molecule has 0 bridgehead atoms. The van der Waals surface area contributed by atoms with E-state index >= 15 is 0 Å². The highest BCUT2D eigenvalue weighted by atomic mass is 15.1. The number of rotatable bonds is 3. The van der Waals surface area contributed by atoms with Gasteiger partial charge in [-0.3, -0.25) is 0 Å². The third-order valence-corrected chi connectivity index (χ3v) is 4.07. The Bertz CT molecular complexity index is 332. The van der Waals surface area contributed by atoms with Crippen LogP contribution in [-0.4, -0.2) is 15.6 Å². The molecule has 0 spiro atoms. The second-order valence-corrected chi connectivity index (χ2v) is 5.30. The zero-order valence-corrected chi connectivity index (χ0v) is 10.6. The Morgan fingerprint density at radius 1 is 1.38 bits per heavy atom. The van der Waals surface area contributed by atoms with Gasteiger partial charge >= 0.3 is 0 Å². The van der Waals surface area contributed by atoms with Crippen molar-refractivity contribution >= 4 is 0 Å². The van der Waals surface area contributed by atoms with Crippen molar-refractivity contribution < 1.29 is 0 Å². The lowest BCUT2D eigenvalue weighted by Crippen LogP contribution is -2.36. The van der Waals surface area contributed by atoms with E-state index in [0.717, 1.165) is 24.2 Å². The summed E-state index contributed by atoms with van der Waals surface area (Å²) in [6.07, 6.45) is 7.85. The molecule has 3 nitrogen and oxygen atoms in total. The molecule has 3 atom stereocenters. The molecule has 3 unspecified atom stereocenters. The van der Waals surface area contributed by atoms with Gasteiger partial charge < -0.3 is 9.88 Å². The van der Waals surface area contributed by atoms with E-state index in [1.807, 2.05) is 12.4 Å². The molecule has 1 aliphatic carbocycles. The van der Waals surface area contributed by atoms with Crippen LogP contribution in [-0.2, 0) is 13.6 Å². The van der Waals surface area contributed by atoms with E-state index in [-0.39, 0.29) is 0 Å². The summed E-state index contributed by atoms with van der Waals surface area (Å²) in [6.45, 7) is 5.65. The molecule has 1 N–H and O–H groups in total. The van der Waals surface area contributed by atoms with Gasteiger partial charge in [0.25, 0.3) is 0 Å². The third kappa shape index (κ3) is 2.64. The first-order valence-electron chi connectivity index (χ1n) is 6.36. The Labute approximate surface area is 98.3 Å². The SMILES string of the molecule is CC1CCC(NCc2nccn2C)CC1C. The molecular formula is C13H23N3. The van der Waals surface area contributed by atoms with E-state index in [1.54, 1.807) is 0 Å². The maximum absolute atomic E-state index is 4.33. The first-order valence-corrected chi connectivity index (χ1v) is 6.36. The highest BCUT2D eigenvalue weighted by molar-refractivity contribution is 4.91. The van der Waals surface area contributed by atoms with Gasteiger partial charge in [-0.2, -0.15) is 0 Å². The van der Waals surface area contributed by atoms with Gasteiger partial charge in [0.05, 0.1) is 6.54 Å². The van der Waals surface area contributed by atoms with Crippen LogP contribution < -0.4 is 5.32 Å². The van der Waals surface area contributed by atoms with Crippen molar-refractivity contribution in [2.75, 3.05) is 0 Å². The molecule has 1 aromatic heterocycles. The van der Waals surface area contributed by atoms with E-state index in [4.69, 9.17) is 0 Å². The van der Waals surface area contributed by atoms with Gasteiger partial charge in [0.2, 0.25) is 0 Å². The lowest BCUT2D eigenvalue weighted by molar-refractivity contribution is 0.224. The van der Waals surface area contributed by atoms with E-state index in [9.17, 15) is 0 Å². The summed E-state index contributed by atoms with van der Waals surface area (Å²) < 4.78 is 2.09. The van der Waals surface area contributed by atoms with Gasteiger partial charge in [-0.05, 0) is 31.1 Å². The summed E-state index contributed by atoms with van der Waals surface area (Å²) >= 11 is 0. The molecule has 90 valence electrons. The van der Waals surface area contributed by atoms with Crippen LogP contribution in [0.3, 0.4) is 0 Å². The molecule has 2 rings (SSSR count). The topological polar surface area (TPSA) is 29.9 Å². The Morgan fingerprint density at radius 3 is 2.81 bits per heavy atom. The molecule has 0 amide bonds. The Hall–Kier alpha value is -0.830. The number of aromatic nitrogens is 2. The Balaban J connectivity index is 1.81. The van der Waals surface area contributed by atoms with Crippen LogP contribution >= 0.6 is 0 Å². The molecule has 0 aromatic carbocycles. The van der Waals surface area contributed by atoms with Crippen molar-refractivity contribution in [2.24, 2.45) is 18.9 Å². The summed E-state index contributed by atoms with van der Waals surface area (Å²) in [4.78, 5) is 4.33. The van der Waals surface area contributed by atoms with Gasteiger partial charge in [0.15, 0.2) is 0 Å². The first kappa shape index (κ1) is 11.6. The van der Waals surface area contributed by atoms with Crippen LogP contribution in [0.15, 0.2) is 12.4 Å². The third-order valence-electron chi connectivity index (χ3n) is 4.07. The van der Waals surface area contributed by atoms with Gasteiger partial charge in [0.1, 0.15) is 5.82 Å². The Morgan fingerprint density at radius 2 is 2.19 bits per heavy atom. The second-order valence-electron chi connectivity index (χ2n) is 5.30. The van der Waals surface area contributed by atoms with Crippen molar-refractivity contribution in [1.82, 2.24) is 14.9 Å². The van der Waals surface area contributed by atoms with Crippen LogP contribution in [0.4, 0.5) is 0 Å². The van der Waals surface area contributed by atoms with Crippen molar-refractivity contribution in [3.63, 3.8) is 0 Å². The van der Waals surface area contributed by atoms with Crippen molar-refractivity contribution in [3.05, 3.63) is 18.2 Å². The van der Waals surface area contributed by atoms with Gasteiger partial charge in [-0.15, -0.1) is 0 Å². The minimum Gasteiger partial charge on any atom is -0.337 e. The number of hydrogen-bond donors (Lipinski definition) is 1. The lowest BCUT2D eigenvalue weighted by Gasteiger charge is -2.32. The number of nitrogens with one attached hydrogen (secondary N) is 1. The van der Waals surface area contributed by atoms with E-state index in [2.05, 4.69) is 35.8 Å². The summed E-state index contributed by atoms with van der Waals surface area (Å²) in [5.41, 5.74) is 0. The van der Waals surface area contributed by atoms with Crippen LogP contribution in [0.2, 0.25) is 0 Å². The van der Waals surface area contributed by atoms with Crippen molar-refractivity contribution in [3.8, 4) is 0 Å². The van der Waals surface area contributed by atoms with Crippen LogP contribution in [0.5, 0.6) is 0 Å². The molecule has 1 fully saturated rings. The van der Waals surface area contributed by atoms with E-state index in [1.165, 1.54) is 19.3 Å². The average molecular weight is 221 g/mol. The maximum atomic E-state index is 4.33. The standard InChI is InChI=1S/C13H23N3/c1-10-4-5-12(8-11(10)2)15-9-13-14-6-7-16(13)3/h6-7,10-12,15H,4-5,8-9H2,1-3H3. The van der Waals surface area contributed by atoms with E-state index in [0.29, 0.717) is 6.04 Å².